The van der Waals surface area contributed by atoms with E-state index in [1.807, 2.05) is 0 Å². The molecule has 0 aliphatic heterocycles. The summed E-state index contributed by atoms with van der Waals surface area (Å²) in [5, 5.41) is 9.01. The van der Waals surface area contributed by atoms with Crippen LogP contribution in [0.1, 0.15) is 85.5 Å². The number of hydrogen-bond acceptors (Lipinski definition) is 8. The molecule has 1 rings (SSSR count). The first kappa shape index (κ1) is 27.8. The van der Waals surface area contributed by atoms with Crippen LogP contribution >= 0.6 is 0 Å². The lowest BCUT2D eigenvalue weighted by Crippen LogP contribution is -2.48. The van der Waals surface area contributed by atoms with Crippen LogP contribution in [-0.4, -0.2) is 55.1 Å². The van der Waals surface area contributed by atoms with Crippen molar-refractivity contribution in [1.29, 1.82) is 0 Å². The Morgan fingerprint density at radius 3 is 1.69 bits per heavy atom. The van der Waals surface area contributed by atoms with Crippen molar-refractivity contribution in [2.45, 2.75) is 104 Å². The molecule has 0 saturated heterocycles. The highest BCUT2D eigenvalue weighted by atomic mass is 16.8. The Kier molecular flexibility index (Phi) is 13.6. The maximum absolute atomic E-state index is 12.2. The van der Waals surface area contributed by atoms with E-state index in [0.717, 1.165) is 32.1 Å². The van der Waals surface area contributed by atoms with Crippen LogP contribution in [-0.2, 0) is 23.7 Å². The van der Waals surface area contributed by atoms with Crippen molar-refractivity contribution in [3.05, 3.63) is 0 Å². The van der Waals surface area contributed by atoms with Crippen LogP contribution in [0.5, 0.6) is 0 Å². The van der Waals surface area contributed by atoms with E-state index >= 15 is 0 Å². The Balaban J connectivity index is 2.55. The summed E-state index contributed by atoms with van der Waals surface area (Å²) in [7, 11) is 0. The first-order valence-electron chi connectivity index (χ1n) is 11.8. The smallest absolute Gasteiger partial charge is 0.450 e. The van der Waals surface area contributed by atoms with E-state index in [-0.39, 0.29) is 13.2 Å². The number of ether oxygens (including phenoxy) is 5. The molecule has 0 aromatic heterocycles. The molecule has 1 aliphatic rings. The van der Waals surface area contributed by atoms with E-state index in [4.69, 9.17) is 28.8 Å². The molecule has 1 N–H and O–H groups in total. The molecule has 3 atom stereocenters. The van der Waals surface area contributed by atoms with Gasteiger partial charge in [0.15, 0.2) is 6.10 Å². The molecule has 1 saturated carbocycles. The lowest BCUT2D eigenvalue weighted by atomic mass is 9.91. The topological polar surface area (TPSA) is 118 Å². The van der Waals surface area contributed by atoms with Gasteiger partial charge < -0.3 is 28.8 Å². The maximum atomic E-state index is 12.2. The normalized spacial score (nSPS) is 20.6. The molecule has 3 unspecified atom stereocenters. The first-order chi connectivity index (χ1) is 15.2. The molecular weight excluding hydrogens is 420 g/mol. The fourth-order valence-electron chi connectivity index (χ4n) is 3.54. The molecular formula is C23H40O9. The van der Waals surface area contributed by atoms with Gasteiger partial charge in [-0.2, -0.15) is 0 Å². The van der Waals surface area contributed by atoms with Gasteiger partial charge in [-0.15, -0.1) is 0 Å². The van der Waals surface area contributed by atoms with Crippen LogP contribution in [0.4, 0.5) is 14.4 Å². The van der Waals surface area contributed by atoms with E-state index in [0.29, 0.717) is 37.5 Å². The Labute approximate surface area is 191 Å². The fraction of sp³-hybridized carbons (Fsp3) is 0.870. The van der Waals surface area contributed by atoms with Gasteiger partial charge in [0.05, 0.1) is 13.2 Å². The van der Waals surface area contributed by atoms with Crippen molar-refractivity contribution in [2.75, 3.05) is 13.2 Å². The molecule has 0 aromatic rings. The summed E-state index contributed by atoms with van der Waals surface area (Å²) in [6, 6.07) is 0. The molecule has 1 aliphatic carbocycles. The van der Waals surface area contributed by atoms with Gasteiger partial charge in [0.1, 0.15) is 12.2 Å². The number of carbonyl (C=O) groups excluding carboxylic acids is 2. The molecule has 0 spiro atoms. The van der Waals surface area contributed by atoms with Gasteiger partial charge in [-0.05, 0) is 56.8 Å². The fourth-order valence-corrected chi connectivity index (χ4v) is 3.54. The lowest BCUT2D eigenvalue weighted by Gasteiger charge is -2.35. The quantitative estimate of drug-likeness (QED) is 0.203. The molecule has 1 fully saturated rings. The van der Waals surface area contributed by atoms with Gasteiger partial charge >= 0.3 is 18.5 Å². The van der Waals surface area contributed by atoms with Crippen LogP contribution in [0.15, 0.2) is 0 Å². The molecule has 9 nitrogen and oxygen atoms in total. The molecule has 9 heteroatoms. The van der Waals surface area contributed by atoms with E-state index in [1.165, 1.54) is 0 Å². The molecule has 0 radical (unpaired) electrons. The largest absolute Gasteiger partial charge is 0.508 e. The first-order valence-corrected chi connectivity index (χ1v) is 11.8. The third-order valence-corrected chi connectivity index (χ3v) is 5.23. The highest BCUT2D eigenvalue weighted by Crippen LogP contribution is 2.28. The van der Waals surface area contributed by atoms with Gasteiger partial charge in [-0.3, -0.25) is 0 Å². The predicted molar refractivity (Wildman–Crippen MR) is 117 cm³/mol. The SMILES string of the molecule is CC(C)CCCCOC(=O)OC1CCCC(OC(=O)O)C1OC(=O)OCCCCC(C)C. The monoisotopic (exact) mass is 460 g/mol. The van der Waals surface area contributed by atoms with Crippen LogP contribution in [0.25, 0.3) is 0 Å². The van der Waals surface area contributed by atoms with Crippen LogP contribution in [0.2, 0.25) is 0 Å². The minimum atomic E-state index is -1.49. The van der Waals surface area contributed by atoms with Crippen molar-refractivity contribution in [3.63, 3.8) is 0 Å². The zero-order valence-corrected chi connectivity index (χ0v) is 19.9. The average molecular weight is 461 g/mol. The minimum absolute atomic E-state index is 0.201. The van der Waals surface area contributed by atoms with E-state index in [2.05, 4.69) is 27.7 Å². The average Bonchev–Trinajstić information content (AvgIpc) is 2.69. The number of carboxylic acid groups (broad SMARTS) is 1. The van der Waals surface area contributed by atoms with Crippen molar-refractivity contribution >= 4 is 18.5 Å². The van der Waals surface area contributed by atoms with E-state index in [9.17, 15) is 14.4 Å². The molecule has 0 heterocycles. The minimum Gasteiger partial charge on any atom is -0.450 e. The third kappa shape index (κ3) is 12.6. The maximum Gasteiger partial charge on any atom is 0.508 e. The van der Waals surface area contributed by atoms with Crippen LogP contribution in [0.3, 0.4) is 0 Å². The molecule has 0 amide bonds. The Bertz CT molecular complexity index is 562. The second kappa shape index (κ2) is 15.6. The van der Waals surface area contributed by atoms with Gasteiger partial charge in [-0.25, -0.2) is 14.4 Å². The van der Waals surface area contributed by atoms with Crippen molar-refractivity contribution in [2.24, 2.45) is 11.8 Å². The molecule has 186 valence electrons. The highest BCUT2D eigenvalue weighted by Gasteiger charge is 2.42. The van der Waals surface area contributed by atoms with Crippen LogP contribution in [0, 0.1) is 11.8 Å². The summed E-state index contributed by atoms with van der Waals surface area (Å²) >= 11 is 0. The summed E-state index contributed by atoms with van der Waals surface area (Å²) < 4.78 is 25.8. The van der Waals surface area contributed by atoms with E-state index in [1.54, 1.807) is 0 Å². The molecule has 0 aromatic carbocycles. The van der Waals surface area contributed by atoms with Gasteiger partial charge in [0, 0.05) is 0 Å². The van der Waals surface area contributed by atoms with Gasteiger partial charge in [-0.1, -0.05) is 40.5 Å². The predicted octanol–water partition coefficient (Wildman–Crippen LogP) is 5.93. The van der Waals surface area contributed by atoms with Crippen molar-refractivity contribution in [3.8, 4) is 0 Å². The number of unbranched alkanes of at least 4 members (excludes halogenated alkanes) is 2. The summed E-state index contributed by atoms with van der Waals surface area (Å²) in [4.78, 5) is 35.3. The zero-order chi connectivity index (χ0) is 23.9. The summed E-state index contributed by atoms with van der Waals surface area (Å²) in [6.07, 6.45) is 0.482. The molecule has 0 bridgehead atoms. The number of rotatable bonds is 13. The second-order valence-electron chi connectivity index (χ2n) is 9.07. The van der Waals surface area contributed by atoms with Gasteiger partial charge in [0.2, 0.25) is 0 Å². The van der Waals surface area contributed by atoms with Crippen molar-refractivity contribution in [1.82, 2.24) is 0 Å². The number of hydrogen-bond donors (Lipinski definition) is 1. The molecule has 32 heavy (non-hydrogen) atoms. The van der Waals surface area contributed by atoms with Crippen molar-refractivity contribution < 1.29 is 43.2 Å². The Morgan fingerprint density at radius 2 is 1.22 bits per heavy atom. The Hall–Kier alpha value is -2.19. The highest BCUT2D eigenvalue weighted by molar-refractivity contribution is 5.62. The second-order valence-corrected chi connectivity index (χ2v) is 9.07. The van der Waals surface area contributed by atoms with Gasteiger partial charge in [0.25, 0.3) is 0 Å². The number of carbonyl (C=O) groups is 3. The summed E-state index contributed by atoms with van der Waals surface area (Å²) in [6.45, 7) is 8.94. The standard InChI is InChI=1S/C23H40O9/c1-16(2)10-5-7-14-28-22(26)31-19-13-9-12-18(30-21(24)25)20(19)32-23(27)29-15-8-6-11-17(3)4/h16-20H,5-15H2,1-4H3,(H,24,25). The van der Waals surface area contributed by atoms with E-state index < -0.39 is 36.8 Å². The van der Waals surface area contributed by atoms with Crippen LogP contribution < -0.4 is 0 Å². The summed E-state index contributed by atoms with van der Waals surface area (Å²) in [5.41, 5.74) is 0. The third-order valence-electron chi connectivity index (χ3n) is 5.23. The Morgan fingerprint density at radius 1 is 0.750 bits per heavy atom. The lowest BCUT2D eigenvalue weighted by molar-refractivity contribution is -0.123. The summed E-state index contributed by atoms with van der Waals surface area (Å²) in [5.74, 6) is 1.16. The zero-order valence-electron chi connectivity index (χ0n) is 19.9.